The monoisotopic (exact) mass is 279 g/mol. The van der Waals surface area contributed by atoms with Crippen molar-refractivity contribution in [3.05, 3.63) is 38.4 Å². The second kappa shape index (κ2) is 5.85. The van der Waals surface area contributed by atoms with E-state index >= 15 is 0 Å². The number of hydrogen-bond donors (Lipinski definition) is 1. The predicted molar refractivity (Wildman–Crippen MR) is 74.8 cm³/mol. The Balaban J connectivity index is 2.26. The van der Waals surface area contributed by atoms with E-state index in [0.29, 0.717) is 11.6 Å². The molecule has 0 saturated heterocycles. The molecule has 0 radical (unpaired) electrons. The van der Waals surface area contributed by atoms with Crippen LogP contribution in [0.2, 0.25) is 0 Å². The van der Waals surface area contributed by atoms with Gasteiger partial charge in [-0.3, -0.25) is 20.2 Å². The molecule has 1 fully saturated rings. The molecule has 7 heteroatoms. The number of non-ortho nitro benzene ring substituents is 1. The van der Waals surface area contributed by atoms with Crippen LogP contribution in [-0.4, -0.2) is 15.9 Å². The molecule has 0 aliphatic heterocycles. The quantitative estimate of drug-likeness (QED) is 0.671. The van der Waals surface area contributed by atoms with Crippen molar-refractivity contribution >= 4 is 17.1 Å². The first-order valence-corrected chi connectivity index (χ1v) is 6.68. The standard InChI is InChI=1S/C13H17N3O4/c1-9-4-2-3-5-11(9)14-12-7-6-10(15(17)18)8-13(12)16(19)20/h6-9,11,14H,2-5H2,1H3. The van der Waals surface area contributed by atoms with Crippen molar-refractivity contribution in [3.63, 3.8) is 0 Å². The van der Waals surface area contributed by atoms with Crippen LogP contribution in [0.1, 0.15) is 32.6 Å². The van der Waals surface area contributed by atoms with Gasteiger partial charge >= 0.3 is 0 Å². The summed E-state index contributed by atoms with van der Waals surface area (Å²) in [5.41, 5.74) is -0.143. The Morgan fingerprint density at radius 2 is 1.85 bits per heavy atom. The maximum Gasteiger partial charge on any atom is 0.299 e. The van der Waals surface area contributed by atoms with Gasteiger partial charge in [-0.15, -0.1) is 0 Å². The summed E-state index contributed by atoms with van der Waals surface area (Å²) in [6.45, 7) is 2.12. The smallest absolute Gasteiger partial charge is 0.299 e. The molecule has 20 heavy (non-hydrogen) atoms. The van der Waals surface area contributed by atoms with E-state index in [1.165, 1.54) is 18.6 Å². The molecule has 0 heterocycles. The summed E-state index contributed by atoms with van der Waals surface area (Å²) in [5, 5.41) is 24.9. The largest absolute Gasteiger partial charge is 0.376 e. The number of nitrogens with zero attached hydrogens (tertiary/aromatic N) is 2. The minimum Gasteiger partial charge on any atom is -0.376 e. The van der Waals surface area contributed by atoms with Crippen molar-refractivity contribution in [1.29, 1.82) is 0 Å². The van der Waals surface area contributed by atoms with E-state index in [1.807, 2.05) is 0 Å². The van der Waals surface area contributed by atoms with Gasteiger partial charge < -0.3 is 5.32 Å². The number of nitrogens with one attached hydrogen (secondary N) is 1. The second-order valence-corrected chi connectivity index (χ2v) is 5.23. The highest BCUT2D eigenvalue weighted by Crippen LogP contribution is 2.33. The van der Waals surface area contributed by atoms with Crippen molar-refractivity contribution in [2.45, 2.75) is 38.6 Å². The van der Waals surface area contributed by atoms with Crippen LogP contribution in [0.5, 0.6) is 0 Å². The average Bonchev–Trinajstić information content (AvgIpc) is 2.41. The number of nitro benzene ring substituents is 2. The molecule has 0 spiro atoms. The van der Waals surface area contributed by atoms with Crippen LogP contribution in [-0.2, 0) is 0 Å². The fourth-order valence-corrected chi connectivity index (χ4v) is 2.64. The normalized spacial score (nSPS) is 22.2. The van der Waals surface area contributed by atoms with E-state index < -0.39 is 9.85 Å². The van der Waals surface area contributed by atoms with Crippen LogP contribution in [0.25, 0.3) is 0 Å². The Morgan fingerprint density at radius 1 is 1.15 bits per heavy atom. The lowest BCUT2D eigenvalue weighted by atomic mass is 9.86. The van der Waals surface area contributed by atoms with E-state index in [-0.39, 0.29) is 17.4 Å². The zero-order chi connectivity index (χ0) is 14.7. The Hall–Kier alpha value is -2.18. The molecule has 0 bridgehead atoms. The molecular weight excluding hydrogens is 262 g/mol. The Labute approximate surface area is 116 Å². The number of benzene rings is 1. The van der Waals surface area contributed by atoms with Gasteiger partial charge in [0, 0.05) is 12.1 Å². The fraction of sp³-hybridized carbons (Fsp3) is 0.538. The molecule has 1 aliphatic carbocycles. The Bertz CT molecular complexity index is 532. The molecule has 2 rings (SSSR count). The first-order chi connectivity index (χ1) is 9.49. The minimum atomic E-state index is -0.625. The molecule has 1 N–H and O–H groups in total. The van der Waals surface area contributed by atoms with Gasteiger partial charge in [0.2, 0.25) is 0 Å². The summed E-state index contributed by atoms with van der Waals surface area (Å²) in [4.78, 5) is 20.5. The summed E-state index contributed by atoms with van der Waals surface area (Å²) in [7, 11) is 0. The predicted octanol–water partition coefficient (Wildman–Crippen LogP) is 3.49. The van der Waals surface area contributed by atoms with Crippen molar-refractivity contribution in [3.8, 4) is 0 Å². The van der Waals surface area contributed by atoms with Crippen LogP contribution in [0.3, 0.4) is 0 Å². The van der Waals surface area contributed by atoms with Crippen LogP contribution < -0.4 is 5.32 Å². The first-order valence-electron chi connectivity index (χ1n) is 6.68. The lowest BCUT2D eigenvalue weighted by Gasteiger charge is -2.30. The molecule has 0 amide bonds. The van der Waals surface area contributed by atoms with Gasteiger partial charge in [0.25, 0.3) is 11.4 Å². The third-order valence-corrected chi connectivity index (χ3v) is 3.84. The summed E-state index contributed by atoms with van der Waals surface area (Å²) >= 11 is 0. The maximum absolute atomic E-state index is 11.1. The molecule has 2 atom stereocenters. The van der Waals surface area contributed by atoms with Gasteiger partial charge in [-0.1, -0.05) is 19.8 Å². The van der Waals surface area contributed by atoms with Crippen molar-refractivity contribution in [2.75, 3.05) is 5.32 Å². The van der Waals surface area contributed by atoms with Crippen LogP contribution in [0, 0.1) is 26.1 Å². The first kappa shape index (κ1) is 14.2. The van der Waals surface area contributed by atoms with Crippen molar-refractivity contribution in [2.24, 2.45) is 5.92 Å². The molecule has 0 aromatic heterocycles. The van der Waals surface area contributed by atoms with Gasteiger partial charge in [-0.25, -0.2) is 0 Å². The van der Waals surface area contributed by atoms with Crippen LogP contribution in [0.15, 0.2) is 18.2 Å². The molecule has 7 nitrogen and oxygen atoms in total. The van der Waals surface area contributed by atoms with E-state index in [0.717, 1.165) is 25.3 Å². The highest BCUT2D eigenvalue weighted by molar-refractivity contribution is 5.65. The highest BCUT2D eigenvalue weighted by atomic mass is 16.6. The maximum atomic E-state index is 11.1. The summed E-state index contributed by atoms with van der Waals surface area (Å²) in [6, 6.07) is 3.92. The zero-order valence-corrected chi connectivity index (χ0v) is 11.2. The Kier molecular flexibility index (Phi) is 4.16. The molecule has 1 aliphatic rings. The van der Waals surface area contributed by atoms with E-state index in [2.05, 4.69) is 12.2 Å². The third-order valence-electron chi connectivity index (χ3n) is 3.84. The molecule has 108 valence electrons. The lowest BCUT2D eigenvalue weighted by Crippen LogP contribution is -2.30. The minimum absolute atomic E-state index is 0.184. The van der Waals surface area contributed by atoms with Crippen molar-refractivity contribution < 1.29 is 9.85 Å². The summed E-state index contributed by atoms with van der Waals surface area (Å²) in [6.07, 6.45) is 4.35. The van der Waals surface area contributed by atoms with Crippen LogP contribution in [0.4, 0.5) is 17.1 Å². The van der Waals surface area contributed by atoms with E-state index in [9.17, 15) is 20.2 Å². The number of anilines is 1. The zero-order valence-electron chi connectivity index (χ0n) is 11.2. The van der Waals surface area contributed by atoms with Gasteiger partial charge in [0.15, 0.2) is 0 Å². The average molecular weight is 279 g/mol. The molecule has 1 saturated carbocycles. The number of hydrogen-bond acceptors (Lipinski definition) is 5. The van der Waals surface area contributed by atoms with E-state index in [1.54, 1.807) is 0 Å². The van der Waals surface area contributed by atoms with Gasteiger partial charge in [-0.2, -0.15) is 0 Å². The SMILES string of the molecule is CC1CCCCC1Nc1ccc([N+](=O)[O-])cc1[N+](=O)[O-]. The molecular formula is C13H17N3O4. The lowest BCUT2D eigenvalue weighted by molar-refractivity contribution is -0.393. The molecule has 1 aromatic carbocycles. The van der Waals surface area contributed by atoms with E-state index in [4.69, 9.17) is 0 Å². The Morgan fingerprint density at radius 3 is 2.45 bits per heavy atom. The number of rotatable bonds is 4. The third kappa shape index (κ3) is 3.04. The fourth-order valence-electron chi connectivity index (χ4n) is 2.64. The molecule has 2 unspecified atom stereocenters. The van der Waals surface area contributed by atoms with Gasteiger partial charge in [0.1, 0.15) is 5.69 Å². The molecule has 1 aromatic rings. The van der Waals surface area contributed by atoms with Gasteiger partial charge in [0.05, 0.1) is 15.9 Å². The summed E-state index contributed by atoms with van der Waals surface area (Å²) in [5.74, 6) is 0.443. The second-order valence-electron chi connectivity index (χ2n) is 5.23. The van der Waals surface area contributed by atoms with Gasteiger partial charge in [-0.05, 0) is 24.8 Å². The summed E-state index contributed by atoms with van der Waals surface area (Å²) < 4.78 is 0. The number of nitro groups is 2. The van der Waals surface area contributed by atoms with Crippen molar-refractivity contribution in [1.82, 2.24) is 0 Å². The topological polar surface area (TPSA) is 98.3 Å². The van der Waals surface area contributed by atoms with Crippen LogP contribution >= 0.6 is 0 Å². The highest BCUT2D eigenvalue weighted by Gasteiger charge is 2.25.